The highest BCUT2D eigenvalue weighted by molar-refractivity contribution is 6.12. The summed E-state index contributed by atoms with van der Waals surface area (Å²) >= 11 is 0. The summed E-state index contributed by atoms with van der Waals surface area (Å²) in [5.74, 6) is 0. The summed E-state index contributed by atoms with van der Waals surface area (Å²) in [4.78, 5) is 5.08. The normalized spacial score (nSPS) is 12.8. The molecule has 0 bridgehead atoms. The first-order valence-electron chi connectivity index (χ1n) is 8.31. The van der Waals surface area contributed by atoms with Crippen LogP contribution < -0.4 is 0 Å². The van der Waals surface area contributed by atoms with Crippen LogP contribution in [0.3, 0.4) is 0 Å². The van der Waals surface area contributed by atoms with Gasteiger partial charge in [-0.15, -0.1) is 0 Å². The van der Waals surface area contributed by atoms with E-state index in [4.69, 9.17) is 4.98 Å². The average molecular weight is 306 g/mol. The van der Waals surface area contributed by atoms with Crippen molar-refractivity contribution in [1.82, 2.24) is 9.38 Å². The van der Waals surface area contributed by atoms with Crippen LogP contribution >= 0.6 is 0 Å². The van der Waals surface area contributed by atoms with Crippen LogP contribution in [0.5, 0.6) is 0 Å². The Labute approximate surface area is 139 Å². The second-order valence-electron chi connectivity index (χ2n) is 6.46. The van der Waals surface area contributed by atoms with E-state index in [0.29, 0.717) is 0 Å². The maximum absolute atomic E-state index is 5.08. The standard InChI is InChI=1S/C22H14N2/c1-2-8-15-14(7-1)13-20-21(15)23-22-18-11-4-3-9-16(18)17-10-5-6-12-19(17)24(20)22/h1-12H,13H2. The van der Waals surface area contributed by atoms with Gasteiger partial charge in [-0.3, -0.25) is 4.40 Å². The van der Waals surface area contributed by atoms with E-state index in [9.17, 15) is 0 Å². The molecule has 0 spiro atoms. The van der Waals surface area contributed by atoms with Crippen molar-refractivity contribution >= 4 is 27.3 Å². The Morgan fingerprint density at radius 2 is 1.42 bits per heavy atom. The number of para-hydroxylation sites is 1. The Bertz CT molecular complexity index is 1280. The van der Waals surface area contributed by atoms with Crippen LogP contribution in [0.2, 0.25) is 0 Å². The van der Waals surface area contributed by atoms with Gasteiger partial charge in [-0.25, -0.2) is 4.98 Å². The van der Waals surface area contributed by atoms with E-state index in [2.05, 4.69) is 77.2 Å². The minimum absolute atomic E-state index is 0.953. The maximum Gasteiger partial charge on any atom is 0.146 e. The summed E-state index contributed by atoms with van der Waals surface area (Å²) in [7, 11) is 0. The first kappa shape index (κ1) is 12.3. The first-order chi connectivity index (χ1) is 11.9. The summed E-state index contributed by atoms with van der Waals surface area (Å²) in [6.07, 6.45) is 0.953. The van der Waals surface area contributed by atoms with E-state index in [-0.39, 0.29) is 0 Å². The molecule has 112 valence electrons. The van der Waals surface area contributed by atoms with Gasteiger partial charge in [0.25, 0.3) is 0 Å². The Morgan fingerprint density at radius 1 is 0.708 bits per heavy atom. The van der Waals surface area contributed by atoms with Crippen molar-refractivity contribution in [2.45, 2.75) is 6.42 Å². The molecule has 1 aliphatic rings. The maximum atomic E-state index is 5.08. The minimum Gasteiger partial charge on any atom is -0.295 e. The highest BCUT2D eigenvalue weighted by atomic mass is 15.0. The van der Waals surface area contributed by atoms with Crippen LogP contribution in [0.1, 0.15) is 11.3 Å². The number of hydrogen-bond acceptors (Lipinski definition) is 1. The van der Waals surface area contributed by atoms with Crippen molar-refractivity contribution in [2.24, 2.45) is 0 Å². The largest absolute Gasteiger partial charge is 0.295 e. The first-order valence-corrected chi connectivity index (χ1v) is 8.31. The van der Waals surface area contributed by atoms with Crippen molar-refractivity contribution in [3.05, 3.63) is 84.1 Å². The van der Waals surface area contributed by atoms with Crippen molar-refractivity contribution in [3.8, 4) is 11.3 Å². The zero-order valence-electron chi connectivity index (χ0n) is 13.0. The van der Waals surface area contributed by atoms with E-state index in [1.165, 1.54) is 38.5 Å². The van der Waals surface area contributed by atoms with Crippen molar-refractivity contribution in [1.29, 1.82) is 0 Å². The van der Waals surface area contributed by atoms with Gasteiger partial charge in [0.2, 0.25) is 0 Å². The molecule has 5 aromatic rings. The lowest BCUT2D eigenvalue weighted by atomic mass is 10.1. The summed E-state index contributed by atoms with van der Waals surface area (Å²) in [6, 6.07) is 25.9. The van der Waals surface area contributed by atoms with E-state index in [1.807, 2.05) is 0 Å². The molecule has 0 amide bonds. The van der Waals surface area contributed by atoms with Gasteiger partial charge in [0.05, 0.1) is 16.9 Å². The Kier molecular flexibility index (Phi) is 2.17. The minimum atomic E-state index is 0.953. The van der Waals surface area contributed by atoms with Gasteiger partial charge in [0.15, 0.2) is 0 Å². The monoisotopic (exact) mass is 306 g/mol. The molecule has 2 nitrogen and oxygen atoms in total. The van der Waals surface area contributed by atoms with Gasteiger partial charge in [-0.05, 0) is 17.0 Å². The highest BCUT2D eigenvalue weighted by Gasteiger charge is 2.25. The lowest BCUT2D eigenvalue weighted by molar-refractivity contribution is 1.09. The third-order valence-corrected chi connectivity index (χ3v) is 5.21. The molecule has 0 unspecified atom stereocenters. The predicted octanol–water partition coefficient (Wildman–Crippen LogP) is 5.21. The molecule has 0 saturated heterocycles. The van der Waals surface area contributed by atoms with Gasteiger partial charge in [-0.2, -0.15) is 0 Å². The van der Waals surface area contributed by atoms with Crippen LogP contribution in [0.25, 0.3) is 38.6 Å². The number of nitrogens with zero attached hydrogens (tertiary/aromatic N) is 2. The third kappa shape index (κ3) is 1.39. The number of hydrogen-bond donors (Lipinski definition) is 0. The van der Waals surface area contributed by atoms with E-state index >= 15 is 0 Å². The van der Waals surface area contributed by atoms with Crippen molar-refractivity contribution < 1.29 is 0 Å². The SMILES string of the molecule is c1ccc2c(c1)Cc1c-2nc2c3ccccc3c3ccccc3n12. The van der Waals surface area contributed by atoms with Gasteiger partial charge >= 0.3 is 0 Å². The van der Waals surface area contributed by atoms with Crippen LogP contribution in [-0.4, -0.2) is 9.38 Å². The fraction of sp³-hybridized carbons (Fsp3) is 0.0455. The molecule has 2 aromatic heterocycles. The quantitative estimate of drug-likeness (QED) is 0.352. The molecule has 0 fully saturated rings. The molecule has 2 heteroatoms. The molecule has 0 atom stereocenters. The number of fused-ring (bicyclic) bond motifs is 10. The number of pyridine rings is 1. The lowest BCUT2D eigenvalue weighted by Gasteiger charge is -2.09. The molecule has 3 aromatic carbocycles. The fourth-order valence-corrected chi connectivity index (χ4v) is 4.17. The molecule has 0 radical (unpaired) electrons. The molecule has 1 aliphatic carbocycles. The smallest absolute Gasteiger partial charge is 0.146 e. The zero-order chi connectivity index (χ0) is 15.7. The zero-order valence-corrected chi connectivity index (χ0v) is 13.0. The number of aromatic nitrogens is 2. The molecular weight excluding hydrogens is 292 g/mol. The van der Waals surface area contributed by atoms with E-state index < -0.39 is 0 Å². The third-order valence-electron chi connectivity index (χ3n) is 5.21. The van der Waals surface area contributed by atoms with Gasteiger partial charge < -0.3 is 0 Å². The number of benzene rings is 3. The molecule has 0 saturated carbocycles. The summed E-state index contributed by atoms with van der Waals surface area (Å²) in [6.45, 7) is 0. The lowest BCUT2D eigenvalue weighted by Crippen LogP contribution is -1.95. The van der Waals surface area contributed by atoms with Crippen molar-refractivity contribution in [2.75, 3.05) is 0 Å². The fourth-order valence-electron chi connectivity index (χ4n) is 4.17. The topological polar surface area (TPSA) is 17.3 Å². The van der Waals surface area contributed by atoms with E-state index in [0.717, 1.165) is 17.8 Å². The molecular formula is C22H14N2. The Hall–Kier alpha value is -3.13. The second kappa shape index (κ2) is 4.24. The van der Waals surface area contributed by atoms with Gasteiger partial charge in [-0.1, -0.05) is 66.7 Å². The predicted molar refractivity (Wildman–Crippen MR) is 98.4 cm³/mol. The second-order valence-corrected chi connectivity index (χ2v) is 6.46. The highest BCUT2D eigenvalue weighted by Crippen LogP contribution is 2.40. The Balaban J connectivity index is 1.90. The van der Waals surface area contributed by atoms with Crippen molar-refractivity contribution in [3.63, 3.8) is 0 Å². The van der Waals surface area contributed by atoms with Gasteiger partial charge in [0.1, 0.15) is 5.65 Å². The van der Waals surface area contributed by atoms with Crippen LogP contribution in [0, 0.1) is 0 Å². The number of rotatable bonds is 0. The summed E-state index contributed by atoms with van der Waals surface area (Å²) in [5.41, 5.74) is 7.43. The molecule has 0 aliphatic heterocycles. The van der Waals surface area contributed by atoms with Crippen LogP contribution in [-0.2, 0) is 6.42 Å². The molecule has 6 rings (SSSR count). The summed E-state index contributed by atoms with van der Waals surface area (Å²) in [5, 5.41) is 3.79. The molecule has 2 heterocycles. The Morgan fingerprint density at radius 3 is 2.33 bits per heavy atom. The molecule has 0 N–H and O–H groups in total. The number of imidazole rings is 1. The van der Waals surface area contributed by atoms with Crippen LogP contribution in [0.15, 0.2) is 72.8 Å². The van der Waals surface area contributed by atoms with E-state index in [1.54, 1.807) is 0 Å². The van der Waals surface area contributed by atoms with Gasteiger partial charge in [0, 0.05) is 22.8 Å². The molecule has 24 heavy (non-hydrogen) atoms. The summed E-state index contributed by atoms with van der Waals surface area (Å²) < 4.78 is 2.37. The average Bonchev–Trinajstić information content (AvgIpc) is 3.18. The van der Waals surface area contributed by atoms with Crippen LogP contribution in [0.4, 0.5) is 0 Å².